The molecule has 0 bridgehead atoms. The molecule has 0 saturated carbocycles. The van der Waals surface area contributed by atoms with Crippen LogP contribution in [0.2, 0.25) is 0 Å². The third-order valence-corrected chi connectivity index (χ3v) is 6.53. The summed E-state index contributed by atoms with van der Waals surface area (Å²) in [5.41, 5.74) is 12.2. The van der Waals surface area contributed by atoms with Crippen LogP contribution in [0.4, 0.5) is 23.1 Å². The Labute approximate surface area is 216 Å². The van der Waals surface area contributed by atoms with Gasteiger partial charge in [-0.25, -0.2) is 4.98 Å². The number of carbonyl (C=O) groups is 1. The van der Waals surface area contributed by atoms with Gasteiger partial charge in [0.25, 0.3) is 5.91 Å². The number of nitrogens with two attached hydrogens (primary N) is 1. The summed E-state index contributed by atoms with van der Waals surface area (Å²) < 4.78 is 5.65. The number of likely N-dealkylation sites (N-methyl/N-ethyl adjacent to an activating group) is 1. The molecule has 37 heavy (non-hydrogen) atoms. The van der Waals surface area contributed by atoms with Crippen molar-refractivity contribution in [2.24, 2.45) is 5.73 Å². The van der Waals surface area contributed by atoms with Gasteiger partial charge in [0.15, 0.2) is 0 Å². The summed E-state index contributed by atoms with van der Waals surface area (Å²) in [4.78, 5) is 23.5. The number of hydrogen-bond donors (Lipinski definition) is 3. The maximum absolute atomic E-state index is 12.2. The normalized spacial score (nSPS) is 13.0. The fourth-order valence-corrected chi connectivity index (χ4v) is 4.57. The fourth-order valence-electron chi connectivity index (χ4n) is 4.57. The molecule has 0 saturated heterocycles. The number of para-hydroxylation sites is 1. The number of methoxy groups -OCH3 is 1. The summed E-state index contributed by atoms with van der Waals surface area (Å²) in [5.74, 6) is 0.773. The van der Waals surface area contributed by atoms with Crippen LogP contribution in [-0.4, -0.2) is 41.5 Å². The fraction of sp³-hybridized carbons (Fsp3) is 0.207. The third-order valence-electron chi connectivity index (χ3n) is 6.53. The number of amides is 1. The van der Waals surface area contributed by atoms with E-state index in [-0.39, 0.29) is 5.56 Å². The Morgan fingerprint density at radius 1 is 1.03 bits per heavy atom. The molecule has 5 rings (SSSR count). The number of ether oxygens (including phenoxy) is 1. The van der Waals surface area contributed by atoms with Gasteiger partial charge in [-0.2, -0.15) is 4.98 Å². The second kappa shape index (κ2) is 10.7. The van der Waals surface area contributed by atoms with E-state index in [0.29, 0.717) is 17.5 Å². The summed E-state index contributed by atoms with van der Waals surface area (Å²) >= 11 is 0. The van der Waals surface area contributed by atoms with Gasteiger partial charge < -0.3 is 26.0 Å². The second-order valence-corrected chi connectivity index (χ2v) is 9.20. The Kier molecular flexibility index (Phi) is 7.00. The van der Waals surface area contributed by atoms with Crippen LogP contribution < -0.4 is 21.1 Å². The molecule has 0 fully saturated rings. The van der Waals surface area contributed by atoms with Crippen molar-refractivity contribution in [3.05, 3.63) is 101 Å². The Bertz CT molecular complexity index is 1420. The predicted molar refractivity (Wildman–Crippen MR) is 146 cm³/mol. The summed E-state index contributed by atoms with van der Waals surface area (Å²) in [6.45, 7) is 1.88. The second-order valence-electron chi connectivity index (χ2n) is 9.20. The highest BCUT2D eigenvalue weighted by molar-refractivity contribution is 5.98. The molecular weight excluding hydrogens is 464 g/mol. The number of nitrogens with zero attached hydrogens (tertiary/aromatic N) is 3. The molecule has 2 heterocycles. The van der Waals surface area contributed by atoms with E-state index in [2.05, 4.69) is 62.9 Å². The van der Waals surface area contributed by atoms with Crippen molar-refractivity contribution in [1.82, 2.24) is 14.9 Å². The van der Waals surface area contributed by atoms with Crippen molar-refractivity contribution in [2.75, 3.05) is 31.3 Å². The lowest BCUT2D eigenvalue weighted by Gasteiger charge is -2.26. The molecule has 0 aliphatic carbocycles. The van der Waals surface area contributed by atoms with Gasteiger partial charge in [0, 0.05) is 25.0 Å². The van der Waals surface area contributed by atoms with Crippen LogP contribution in [-0.2, 0) is 19.4 Å². The smallest absolute Gasteiger partial charge is 0.254 e. The molecule has 8 heteroatoms. The van der Waals surface area contributed by atoms with Gasteiger partial charge in [0.1, 0.15) is 17.1 Å². The zero-order valence-corrected chi connectivity index (χ0v) is 21.0. The standard InChI is InChI=1S/C29H30N6O2/c1-35-13-12-20-16-26(37-2)25(15-22(20)18-35)33-29-31-17-23(27(30)36)28(34-29)32-24-11-7-6-10-21(24)14-19-8-4-3-5-9-19/h3-11,15-17H,12-14,18H2,1-2H3,(H2,30,36)(H2,31,32,33,34). The average molecular weight is 495 g/mol. The Morgan fingerprint density at radius 3 is 2.59 bits per heavy atom. The van der Waals surface area contributed by atoms with Crippen LogP contribution >= 0.6 is 0 Å². The molecule has 0 radical (unpaired) electrons. The van der Waals surface area contributed by atoms with Crippen molar-refractivity contribution in [3.63, 3.8) is 0 Å². The molecule has 4 N–H and O–H groups in total. The minimum absolute atomic E-state index is 0.207. The Hall–Kier alpha value is -4.43. The zero-order chi connectivity index (χ0) is 25.8. The molecule has 188 valence electrons. The molecule has 1 aliphatic rings. The molecule has 1 aliphatic heterocycles. The van der Waals surface area contributed by atoms with Crippen LogP contribution in [0.25, 0.3) is 0 Å². The van der Waals surface area contributed by atoms with Crippen LogP contribution in [0.1, 0.15) is 32.6 Å². The molecule has 4 aromatic rings. The highest BCUT2D eigenvalue weighted by Crippen LogP contribution is 2.33. The van der Waals surface area contributed by atoms with Crippen molar-refractivity contribution in [2.45, 2.75) is 19.4 Å². The third kappa shape index (κ3) is 5.54. The van der Waals surface area contributed by atoms with Crippen molar-refractivity contribution in [3.8, 4) is 5.75 Å². The molecule has 0 spiro atoms. The number of benzene rings is 3. The molecule has 3 aromatic carbocycles. The van der Waals surface area contributed by atoms with Gasteiger partial charge in [-0.15, -0.1) is 0 Å². The highest BCUT2D eigenvalue weighted by atomic mass is 16.5. The zero-order valence-electron chi connectivity index (χ0n) is 21.0. The van der Waals surface area contributed by atoms with Gasteiger partial charge in [0.2, 0.25) is 5.95 Å². The number of primary amides is 1. The highest BCUT2D eigenvalue weighted by Gasteiger charge is 2.19. The van der Waals surface area contributed by atoms with E-state index in [1.807, 2.05) is 36.4 Å². The van der Waals surface area contributed by atoms with Crippen LogP contribution in [0.15, 0.2) is 72.9 Å². The molecular formula is C29H30N6O2. The number of aromatic nitrogens is 2. The summed E-state index contributed by atoms with van der Waals surface area (Å²) in [7, 11) is 3.76. The van der Waals surface area contributed by atoms with E-state index in [1.54, 1.807) is 7.11 Å². The topological polar surface area (TPSA) is 105 Å². The molecule has 0 unspecified atom stereocenters. The van der Waals surface area contributed by atoms with Crippen LogP contribution in [0.3, 0.4) is 0 Å². The molecule has 8 nitrogen and oxygen atoms in total. The van der Waals surface area contributed by atoms with E-state index in [4.69, 9.17) is 10.5 Å². The maximum Gasteiger partial charge on any atom is 0.254 e. The van der Waals surface area contributed by atoms with Gasteiger partial charge in [-0.05, 0) is 60.3 Å². The van der Waals surface area contributed by atoms with Crippen molar-refractivity contribution < 1.29 is 9.53 Å². The van der Waals surface area contributed by atoms with Gasteiger partial charge in [0.05, 0.1) is 12.8 Å². The van der Waals surface area contributed by atoms with Crippen molar-refractivity contribution >= 4 is 29.0 Å². The van der Waals surface area contributed by atoms with Gasteiger partial charge >= 0.3 is 0 Å². The van der Waals surface area contributed by atoms with Crippen LogP contribution in [0.5, 0.6) is 5.75 Å². The molecule has 1 aromatic heterocycles. The van der Waals surface area contributed by atoms with E-state index >= 15 is 0 Å². The number of anilines is 4. The first-order valence-corrected chi connectivity index (χ1v) is 12.2. The monoisotopic (exact) mass is 494 g/mol. The summed E-state index contributed by atoms with van der Waals surface area (Å²) in [6.07, 6.45) is 3.15. The largest absolute Gasteiger partial charge is 0.495 e. The van der Waals surface area contributed by atoms with Crippen molar-refractivity contribution in [1.29, 1.82) is 0 Å². The lowest BCUT2D eigenvalue weighted by Crippen LogP contribution is -2.26. The summed E-state index contributed by atoms with van der Waals surface area (Å²) in [6, 6.07) is 22.3. The van der Waals surface area contributed by atoms with E-state index in [9.17, 15) is 4.79 Å². The van der Waals surface area contributed by atoms with Gasteiger partial charge in [-0.3, -0.25) is 4.79 Å². The minimum atomic E-state index is -0.607. The average Bonchev–Trinajstić information content (AvgIpc) is 2.90. The van der Waals surface area contributed by atoms with E-state index < -0.39 is 5.91 Å². The number of fused-ring (bicyclic) bond motifs is 1. The first-order chi connectivity index (χ1) is 18.0. The summed E-state index contributed by atoms with van der Waals surface area (Å²) in [5, 5.41) is 6.60. The first kappa shape index (κ1) is 24.3. The predicted octanol–water partition coefficient (Wildman–Crippen LogP) is 4.65. The Balaban J connectivity index is 1.46. The van der Waals surface area contributed by atoms with Gasteiger partial charge in [-0.1, -0.05) is 48.5 Å². The first-order valence-electron chi connectivity index (χ1n) is 12.2. The van der Waals surface area contributed by atoms with E-state index in [1.165, 1.54) is 22.9 Å². The number of hydrogen-bond acceptors (Lipinski definition) is 7. The molecule has 0 atom stereocenters. The minimum Gasteiger partial charge on any atom is -0.495 e. The quantitative estimate of drug-likeness (QED) is 0.327. The molecule has 1 amide bonds. The van der Waals surface area contributed by atoms with Crippen LogP contribution in [0, 0.1) is 0 Å². The lowest BCUT2D eigenvalue weighted by molar-refractivity contribution is 0.100. The number of rotatable bonds is 8. The Morgan fingerprint density at radius 2 is 1.81 bits per heavy atom. The van der Waals surface area contributed by atoms with E-state index in [0.717, 1.165) is 42.9 Å². The lowest BCUT2D eigenvalue weighted by atomic mass is 9.99. The number of nitrogens with one attached hydrogen (secondary N) is 2. The SMILES string of the molecule is COc1cc2c(cc1Nc1ncc(C(N)=O)c(Nc3ccccc3Cc3ccccc3)n1)CN(C)CC2. The maximum atomic E-state index is 12.2. The number of carbonyl (C=O) groups excluding carboxylic acids is 1.